The quantitative estimate of drug-likeness (QED) is 0.506. The molecule has 0 atom stereocenters. The van der Waals surface area contributed by atoms with Crippen LogP contribution in [0.4, 0.5) is 0 Å². The summed E-state index contributed by atoms with van der Waals surface area (Å²) in [7, 11) is 0. The van der Waals surface area contributed by atoms with E-state index in [1.807, 2.05) is 26.0 Å². The standard InChI is InChI=1S/C16H20ClN5O2S/c1-10(2)15(24)19-8-7-18-13(23)9-22-14(20-21-16(22)25)11-3-5-12(17)6-4-11/h3-6,10H,7-9H2,1-2H3,(H,18,23)(H,19,24)(H,21,25). The van der Waals surface area contributed by atoms with Gasteiger partial charge in [-0.2, -0.15) is 5.10 Å². The zero-order valence-corrected chi connectivity index (χ0v) is 15.6. The van der Waals surface area contributed by atoms with Gasteiger partial charge in [0.1, 0.15) is 6.54 Å². The van der Waals surface area contributed by atoms with Crippen LogP contribution in [0.15, 0.2) is 24.3 Å². The molecule has 0 radical (unpaired) electrons. The number of amides is 2. The van der Waals surface area contributed by atoms with Crippen LogP contribution >= 0.6 is 23.8 Å². The Bertz CT molecular complexity index is 798. The Balaban J connectivity index is 1.95. The second-order valence-electron chi connectivity index (χ2n) is 5.74. The molecule has 3 N–H and O–H groups in total. The first-order valence-electron chi connectivity index (χ1n) is 7.84. The Hall–Kier alpha value is -2.19. The molecule has 7 nitrogen and oxygen atoms in total. The van der Waals surface area contributed by atoms with Crippen molar-refractivity contribution in [3.8, 4) is 11.4 Å². The van der Waals surface area contributed by atoms with Crippen molar-refractivity contribution in [2.24, 2.45) is 5.92 Å². The van der Waals surface area contributed by atoms with Crippen LogP contribution < -0.4 is 10.6 Å². The lowest BCUT2D eigenvalue weighted by Crippen LogP contribution is -2.37. The van der Waals surface area contributed by atoms with Crippen LogP contribution in [0, 0.1) is 10.7 Å². The minimum absolute atomic E-state index is 0.0332. The first-order chi connectivity index (χ1) is 11.9. The van der Waals surface area contributed by atoms with E-state index in [1.165, 1.54) is 0 Å². The molecule has 0 spiro atoms. The number of hydrogen-bond acceptors (Lipinski definition) is 4. The average Bonchev–Trinajstić information content (AvgIpc) is 2.93. The molecule has 25 heavy (non-hydrogen) atoms. The fourth-order valence-electron chi connectivity index (χ4n) is 2.07. The van der Waals surface area contributed by atoms with Crippen LogP contribution in [0.1, 0.15) is 13.8 Å². The van der Waals surface area contributed by atoms with Crippen LogP contribution in [0.5, 0.6) is 0 Å². The van der Waals surface area contributed by atoms with Gasteiger partial charge in [0.05, 0.1) is 0 Å². The van der Waals surface area contributed by atoms with Gasteiger partial charge in [-0.3, -0.25) is 19.3 Å². The van der Waals surface area contributed by atoms with E-state index in [4.69, 9.17) is 23.8 Å². The number of aromatic amines is 1. The molecule has 9 heteroatoms. The zero-order chi connectivity index (χ0) is 18.4. The number of aromatic nitrogens is 3. The molecule has 134 valence electrons. The van der Waals surface area contributed by atoms with Gasteiger partial charge < -0.3 is 10.6 Å². The number of nitrogens with zero attached hydrogens (tertiary/aromatic N) is 2. The van der Waals surface area contributed by atoms with Crippen molar-refractivity contribution in [1.29, 1.82) is 0 Å². The average molecular weight is 382 g/mol. The normalized spacial score (nSPS) is 10.7. The number of nitrogens with one attached hydrogen (secondary N) is 3. The fourth-order valence-corrected chi connectivity index (χ4v) is 2.40. The molecule has 2 rings (SSSR count). The van der Waals surface area contributed by atoms with Crippen LogP contribution in [-0.4, -0.2) is 39.7 Å². The Morgan fingerprint density at radius 3 is 2.52 bits per heavy atom. The van der Waals surface area contributed by atoms with Crippen LogP contribution in [0.2, 0.25) is 5.02 Å². The molecule has 0 fully saturated rings. The van der Waals surface area contributed by atoms with Gasteiger partial charge in [-0.05, 0) is 36.5 Å². The second kappa shape index (κ2) is 8.77. The minimum Gasteiger partial charge on any atom is -0.354 e. The summed E-state index contributed by atoms with van der Waals surface area (Å²) < 4.78 is 1.97. The number of carbonyl (C=O) groups is 2. The largest absolute Gasteiger partial charge is 0.354 e. The first-order valence-corrected chi connectivity index (χ1v) is 8.62. The predicted molar refractivity (Wildman–Crippen MR) is 98.7 cm³/mol. The smallest absolute Gasteiger partial charge is 0.240 e. The maximum absolute atomic E-state index is 12.1. The van der Waals surface area contributed by atoms with Gasteiger partial charge in [-0.25, -0.2) is 0 Å². The maximum Gasteiger partial charge on any atom is 0.240 e. The van der Waals surface area contributed by atoms with Crippen molar-refractivity contribution in [1.82, 2.24) is 25.4 Å². The third kappa shape index (κ3) is 5.40. The summed E-state index contributed by atoms with van der Waals surface area (Å²) in [5.41, 5.74) is 0.800. The molecule has 0 aliphatic heterocycles. The van der Waals surface area contributed by atoms with Crippen molar-refractivity contribution in [2.45, 2.75) is 20.4 Å². The highest BCUT2D eigenvalue weighted by Gasteiger charge is 2.12. The Morgan fingerprint density at radius 1 is 1.24 bits per heavy atom. The highest BCUT2D eigenvalue weighted by atomic mass is 35.5. The van der Waals surface area contributed by atoms with E-state index in [2.05, 4.69) is 20.8 Å². The third-order valence-corrected chi connectivity index (χ3v) is 4.00. The van der Waals surface area contributed by atoms with E-state index in [9.17, 15) is 9.59 Å². The summed E-state index contributed by atoms with van der Waals surface area (Å²) in [5, 5.41) is 13.0. The summed E-state index contributed by atoms with van der Waals surface area (Å²) >= 11 is 11.1. The van der Waals surface area contributed by atoms with E-state index in [-0.39, 0.29) is 24.3 Å². The predicted octanol–water partition coefficient (Wildman–Crippen LogP) is 2.15. The monoisotopic (exact) mass is 381 g/mol. The molecule has 2 aromatic rings. The summed E-state index contributed by atoms with van der Waals surface area (Å²) in [6.07, 6.45) is 0. The topological polar surface area (TPSA) is 91.8 Å². The number of halogens is 1. The molecule has 0 saturated carbocycles. The number of H-pyrrole nitrogens is 1. The summed E-state index contributed by atoms with van der Waals surface area (Å²) in [6.45, 7) is 4.38. The van der Waals surface area contributed by atoms with Crippen molar-refractivity contribution < 1.29 is 9.59 Å². The molecule has 0 aliphatic rings. The van der Waals surface area contributed by atoms with E-state index in [0.29, 0.717) is 28.7 Å². The maximum atomic E-state index is 12.1. The molecule has 2 amide bonds. The van der Waals surface area contributed by atoms with E-state index >= 15 is 0 Å². The summed E-state index contributed by atoms with van der Waals surface area (Å²) in [5.74, 6) is 0.217. The van der Waals surface area contributed by atoms with Gasteiger partial charge in [0.15, 0.2) is 10.6 Å². The number of rotatable bonds is 7. The lowest BCUT2D eigenvalue weighted by atomic mass is 10.2. The Labute approximate surface area is 155 Å². The van der Waals surface area contributed by atoms with Gasteiger partial charge in [0.2, 0.25) is 11.8 Å². The molecule has 1 aromatic carbocycles. The lowest BCUT2D eigenvalue weighted by Gasteiger charge is -2.10. The van der Waals surface area contributed by atoms with Crippen LogP contribution in [0.3, 0.4) is 0 Å². The zero-order valence-electron chi connectivity index (χ0n) is 14.0. The van der Waals surface area contributed by atoms with Gasteiger partial charge in [0, 0.05) is 29.6 Å². The van der Waals surface area contributed by atoms with E-state index in [1.54, 1.807) is 16.7 Å². The SMILES string of the molecule is CC(C)C(=O)NCCNC(=O)Cn1c(-c2ccc(Cl)cc2)n[nH]c1=S. The van der Waals surface area contributed by atoms with Crippen LogP contribution in [-0.2, 0) is 16.1 Å². The molecular formula is C16H20ClN5O2S. The Morgan fingerprint density at radius 2 is 1.88 bits per heavy atom. The van der Waals surface area contributed by atoms with Crippen LogP contribution in [0.25, 0.3) is 11.4 Å². The summed E-state index contributed by atoms with van der Waals surface area (Å²) in [4.78, 5) is 23.6. The molecule has 0 saturated heterocycles. The van der Waals surface area contributed by atoms with Crippen molar-refractivity contribution in [2.75, 3.05) is 13.1 Å². The lowest BCUT2D eigenvalue weighted by molar-refractivity contribution is -0.124. The fraction of sp³-hybridized carbons (Fsp3) is 0.375. The van der Waals surface area contributed by atoms with E-state index < -0.39 is 0 Å². The number of hydrogen-bond donors (Lipinski definition) is 3. The van der Waals surface area contributed by atoms with Gasteiger partial charge in [0.25, 0.3) is 0 Å². The molecule has 0 unspecified atom stereocenters. The highest BCUT2D eigenvalue weighted by Crippen LogP contribution is 2.19. The van der Waals surface area contributed by atoms with Crippen molar-refractivity contribution >= 4 is 35.6 Å². The van der Waals surface area contributed by atoms with Crippen molar-refractivity contribution in [3.63, 3.8) is 0 Å². The van der Waals surface area contributed by atoms with Gasteiger partial charge in [-0.15, -0.1) is 0 Å². The molecule has 0 bridgehead atoms. The van der Waals surface area contributed by atoms with E-state index in [0.717, 1.165) is 5.56 Å². The number of carbonyl (C=O) groups excluding carboxylic acids is 2. The van der Waals surface area contributed by atoms with Gasteiger partial charge in [-0.1, -0.05) is 25.4 Å². The highest BCUT2D eigenvalue weighted by molar-refractivity contribution is 7.71. The molecule has 0 aliphatic carbocycles. The first kappa shape index (κ1) is 19.1. The minimum atomic E-state index is -0.216. The summed E-state index contributed by atoms with van der Waals surface area (Å²) in [6, 6.07) is 7.11. The molecule has 1 aromatic heterocycles. The third-order valence-electron chi connectivity index (χ3n) is 3.43. The Kier molecular flexibility index (Phi) is 6.72. The molecular weight excluding hydrogens is 362 g/mol. The van der Waals surface area contributed by atoms with Gasteiger partial charge >= 0.3 is 0 Å². The number of benzene rings is 1. The molecule has 1 heterocycles. The second-order valence-corrected chi connectivity index (χ2v) is 6.56. The van der Waals surface area contributed by atoms with Crippen molar-refractivity contribution in [3.05, 3.63) is 34.1 Å².